The largest absolute Gasteiger partial charge is 0.482 e. The Hall–Kier alpha value is -3.27. The molecule has 0 aliphatic carbocycles. The summed E-state index contributed by atoms with van der Waals surface area (Å²) in [5, 5.41) is 12.7. The van der Waals surface area contributed by atoms with Gasteiger partial charge in [0.2, 0.25) is 0 Å². The molecule has 0 heterocycles. The second kappa shape index (κ2) is 7.83. The second-order valence-corrected chi connectivity index (χ2v) is 4.75. The van der Waals surface area contributed by atoms with Crippen molar-refractivity contribution >= 4 is 11.6 Å². The lowest BCUT2D eigenvalue weighted by atomic mass is 10.1. The van der Waals surface area contributed by atoms with Crippen LogP contribution in [0.3, 0.4) is 0 Å². The highest BCUT2D eigenvalue weighted by Gasteiger charge is 2.09. The smallest absolute Gasteiger partial charge is 0.277 e. The molecule has 7 heteroatoms. The summed E-state index contributed by atoms with van der Waals surface area (Å²) in [6.45, 7) is 1.11. The van der Waals surface area contributed by atoms with Gasteiger partial charge in [-0.3, -0.25) is 4.79 Å². The normalized spacial score (nSPS) is 10.8. The first-order chi connectivity index (χ1) is 11.5. The van der Waals surface area contributed by atoms with Crippen LogP contribution in [-0.2, 0) is 4.79 Å². The summed E-state index contributed by atoms with van der Waals surface area (Å²) in [5.74, 6) is -1.77. The molecular formula is C17H13F2N3O2. The van der Waals surface area contributed by atoms with Crippen molar-refractivity contribution in [2.45, 2.75) is 6.92 Å². The van der Waals surface area contributed by atoms with Crippen molar-refractivity contribution in [2.75, 3.05) is 6.61 Å². The summed E-state index contributed by atoms with van der Waals surface area (Å²) in [5.41, 5.74) is 2.77. The van der Waals surface area contributed by atoms with E-state index in [1.165, 1.54) is 13.0 Å². The number of nitriles is 1. The van der Waals surface area contributed by atoms with Gasteiger partial charge in [0, 0.05) is 11.6 Å². The fourth-order valence-electron chi connectivity index (χ4n) is 1.85. The SMILES string of the molecule is C/C(=N/NC(=O)COc1ccccc1C#N)c1ccc(F)cc1F. The van der Waals surface area contributed by atoms with Gasteiger partial charge in [-0.1, -0.05) is 12.1 Å². The van der Waals surface area contributed by atoms with Crippen molar-refractivity contribution in [1.82, 2.24) is 5.43 Å². The summed E-state index contributed by atoms with van der Waals surface area (Å²) in [4.78, 5) is 11.7. The maximum absolute atomic E-state index is 13.6. The quantitative estimate of drug-likeness (QED) is 0.677. The van der Waals surface area contributed by atoms with Crippen LogP contribution in [0, 0.1) is 23.0 Å². The van der Waals surface area contributed by atoms with Gasteiger partial charge in [0.15, 0.2) is 6.61 Å². The van der Waals surface area contributed by atoms with Gasteiger partial charge in [-0.15, -0.1) is 0 Å². The molecule has 0 aromatic heterocycles. The molecule has 0 radical (unpaired) electrons. The molecule has 122 valence electrons. The summed E-state index contributed by atoms with van der Waals surface area (Å²) in [6, 6.07) is 11.5. The molecule has 2 rings (SSSR count). The molecule has 2 aromatic rings. The van der Waals surface area contributed by atoms with Gasteiger partial charge in [-0.2, -0.15) is 10.4 Å². The van der Waals surface area contributed by atoms with Crippen LogP contribution in [0.4, 0.5) is 8.78 Å². The molecule has 0 unspecified atom stereocenters. The van der Waals surface area contributed by atoms with Gasteiger partial charge in [0.1, 0.15) is 23.5 Å². The van der Waals surface area contributed by atoms with Crippen molar-refractivity contribution < 1.29 is 18.3 Å². The Morgan fingerprint density at radius 1 is 1.29 bits per heavy atom. The van der Waals surface area contributed by atoms with Gasteiger partial charge in [-0.25, -0.2) is 14.2 Å². The molecule has 0 aliphatic heterocycles. The molecule has 24 heavy (non-hydrogen) atoms. The van der Waals surface area contributed by atoms with Crippen LogP contribution in [0.1, 0.15) is 18.1 Å². The molecular weight excluding hydrogens is 316 g/mol. The molecule has 0 aliphatic rings. The van der Waals surface area contributed by atoms with E-state index in [-0.39, 0.29) is 23.6 Å². The summed E-state index contributed by atoms with van der Waals surface area (Å²) < 4.78 is 31.7. The number of hydrazone groups is 1. The van der Waals surface area contributed by atoms with E-state index in [9.17, 15) is 13.6 Å². The molecule has 0 saturated heterocycles. The third-order valence-corrected chi connectivity index (χ3v) is 3.04. The number of carbonyl (C=O) groups excluding carboxylic acids is 1. The van der Waals surface area contributed by atoms with Crippen LogP contribution in [0.15, 0.2) is 47.6 Å². The highest BCUT2D eigenvalue weighted by Crippen LogP contribution is 2.16. The summed E-state index contributed by atoms with van der Waals surface area (Å²) >= 11 is 0. The van der Waals surface area contributed by atoms with Crippen LogP contribution in [-0.4, -0.2) is 18.2 Å². The fraction of sp³-hybridized carbons (Fsp3) is 0.118. The minimum absolute atomic E-state index is 0.0763. The zero-order valence-corrected chi connectivity index (χ0v) is 12.7. The molecule has 0 bridgehead atoms. The number of hydrogen-bond acceptors (Lipinski definition) is 4. The topological polar surface area (TPSA) is 74.5 Å². The lowest BCUT2D eigenvalue weighted by molar-refractivity contribution is -0.123. The predicted molar refractivity (Wildman–Crippen MR) is 83.4 cm³/mol. The molecule has 1 N–H and O–H groups in total. The third-order valence-electron chi connectivity index (χ3n) is 3.04. The zero-order chi connectivity index (χ0) is 17.5. The van der Waals surface area contributed by atoms with Crippen molar-refractivity contribution in [3.05, 3.63) is 65.2 Å². The number of halogens is 2. The first kappa shape index (κ1) is 17.1. The molecule has 1 amide bonds. The lowest BCUT2D eigenvalue weighted by Gasteiger charge is -2.07. The number of rotatable bonds is 5. The maximum atomic E-state index is 13.6. The van der Waals surface area contributed by atoms with E-state index < -0.39 is 17.5 Å². The number of nitrogens with zero attached hydrogens (tertiary/aromatic N) is 2. The van der Waals surface area contributed by atoms with E-state index in [2.05, 4.69) is 10.5 Å². The molecule has 0 atom stereocenters. The van der Waals surface area contributed by atoms with Crippen molar-refractivity contribution in [3.63, 3.8) is 0 Å². The van der Waals surface area contributed by atoms with E-state index in [0.29, 0.717) is 5.56 Å². The van der Waals surface area contributed by atoms with Crippen LogP contribution < -0.4 is 10.2 Å². The number of para-hydroxylation sites is 1. The lowest BCUT2D eigenvalue weighted by Crippen LogP contribution is -2.26. The van der Waals surface area contributed by atoms with Crippen molar-refractivity contribution in [2.24, 2.45) is 5.10 Å². The minimum atomic E-state index is -0.773. The van der Waals surface area contributed by atoms with Gasteiger partial charge in [0.05, 0.1) is 11.3 Å². The zero-order valence-electron chi connectivity index (χ0n) is 12.7. The van der Waals surface area contributed by atoms with Crippen LogP contribution in [0.2, 0.25) is 0 Å². The fourth-order valence-corrected chi connectivity index (χ4v) is 1.85. The Morgan fingerprint density at radius 3 is 2.75 bits per heavy atom. The van der Waals surface area contributed by atoms with E-state index >= 15 is 0 Å². The Morgan fingerprint density at radius 2 is 2.04 bits per heavy atom. The van der Waals surface area contributed by atoms with Gasteiger partial charge < -0.3 is 4.74 Å². The first-order valence-electron chi connectivity index (χ1n) is 6.91. The summed E-state index contributed by atoms with van der Waals surface area (Å²) in [6.07, 6.45) is 0. The number of benzene rings is 2. The molecule has 0 spiro atoms. The van der Waals surface area contributed by atoms with Gasteiger partial charge in [0.25, 0.3) is 5.91 Å². The number of nitrogens with one attached hydrogen (secondary N) is 1. The van der Waals surface area contributed by atoms with E-state index in [1.807, 2.05) is 6.07 Å². The second-order valence-electron chi connectivity index (χ2n) is 4.75. The van der Waals surface area contributed by atoms with Crippen LogP contribution in [0.5, 0.6) is 5.75 Å². The minimum Gasteiger partial charge on any atom is -0.482 e. The maximum Gasteiger partial charge on any atom is 0.277 e. The average Bonchev–Trinajstić information content (AvgIpc) is 2.58. The van der Waals surface area contributed by atoms with E-state index in [1.54, 1.807) is 24.3 Å². The van der Waals surface area contributed by atoms with Crippen molar-refractivity contribution in [3.8, 4) is 11.8 Å². The standard InChI is InChI=1S/C17H13F2N3O2/c1-11(14-7-6-13(18)8-15(14)19)21-22-17(23)10-24-16-5-3-2-4-12(16)9-20/h2-8H,10H2,1H3,(H,22,23)/b21-11-. The Balaban J connectivity index is 1.96. The number of amides is 1. The van der Waals surface area contributed by atoms with Crippen LogP contribution in [0.25, 0.3) is 0 Å². The van der Waals surface area contributed by atoms with Crippen molar-refractivity contribution in [1.29, 1.82) is 5.26 Å². The summed E-state index contributed by atoms with van der Waals surface area (Å²) in [7, 11) is 0. The Bertz CT molecular complexity index is 829. The monoisotopic (exact) mass is 329 g/mol. The van der Waals surface area contributed by atoms with Gasteiger partial charge >= 0.3 is 0 Å². The highest BCUT2D eigenvalue weighted by atomic mass is 19.1. The number of hydrogen-bond donors (Lipinski definition) is 1. The third kappa shape index (κ3) is 4.36. The molecule has 5 nitrogen and oxygen atoms in total. The van der Waals surface area contributed by atoms with Crippen LogP contribution >= 0.6 is 0 Å². The highest BCUT2D eigenvalue weighted by molar-refractivity contribution is 5.99. The molecule has 2 aromatic carbocycles. The Labute approximate surface area is 137 Å². The number of carbonyl (C=O) groups is 1. The first-order valence-corrected chi connectivity index (χ1v) is 6.91. The van der Waals surface area contributed by atoms with E-state index in [0.717, 1.165) is 12.1 Å². The van der Waals surface area contributed by atoms with E-state index in [4.69, 9.17) is 10.00 Å². The molecule has 0 saturated carbocycles. The van der Waals surface area contributed by atoms with Gasteiger partial charge in [-0.05, 0) is 31.2 Å². The average molecular weight is 329 g/mol. The number of ether oxygens (including phenoxy) is 1. The Kier molecular flexibility index (Phi) is 5.58. The predicted octanol–water partition coefficient (Wildman–Crippen LogP) is 2.76. The molecule has 0 fully saturated rings.